The average Bonchev–Trinajstić information content (AvgIpc) is 2.38. The first-order valence-corrected chi connectivity index (χ1v) is 6.22. The number of halogens is 4. The van der Waals surface area contributed by atoms with Gasteiger partial charge in [-0.2, -0.15) is 13.2 Å². The Balaban J connectivity index is 2.48. The number of nitrogens with zero attached hydrogens (tertiary/aromatic N) is 1. The van der Waals surface area contributed by atoms with E-state index in [-0.39, 0.29) is 11.1 Å². The van der Waals surface area contributed by atoms with Gasteiger partial charge in [0, 0.05) is 19.9 Å². The Kier molecular flexibility index (Phi) is 6.22. The zero-order valence-electron chi connectivity index (χ0n) is 10.7. The summed E-state index contributed by atoms with van der Waals surface area (Å²) in [7, 11) is 1.51. The molecule has 1 aromatic heterocycles. The summed E-state index contributed by atoms with van der Waals surface area (Å²) in [6.07, 6.45) is -3.35. The molecule has 112 valence electrons. The molecule has 1 rings (SSSR count). The topological polar surface area (TPSA) is 51.2 Å². The zero-order valence-corrected chi connectivity index (χ0v) is 11.5. The standard InChI is InChI=1S/C12H14ClF3N2O2/c1-20-7-9(13)4-5-17-11(19)10-3-2-8(6-18-10)12(14,15)16/h2-3,6,9H,4-5,7H2,1H3,(H,17,19). The van der Waals surface area contributed by atoms with Gasteiger partial charge >= 0.3 is 6.18 Å². The normalized spacial score (nSPS) is 13.1. The summed E-state index contributed by atoms with van der Waals surface area (Å²) in [4.78, 5) is 15.1. The van der Waals surface area contributed by atoms with Crippen LogP contribution in [0.1, 0.15) is 22.5 Å². The number of hydrogen-bond acceptors (Lipinski definition) is 3. The lowest BCUT2D eigenvalue weighted by Crippen LogP contribution is -2.27. The van der Waals surface area contributed by atoms with E-state index in [0.29, 0.717) is 25.8 Å². The molecule has 1 unspecified atom stereocenters. The number of amides is 1. The van der Waals surface area contributed by atoms with E-state index in [9.17, 15) is 18.0 Å². The van der Waals surface area contributed by atoms with Crippen LogP contribution in [0.3, 0.4) is 0 Å². The number of carbonyl (C=O) groups is 1. The van der Waals surface area contributed by atoms with Gasteiger partial charge in [0.1, 0.15) is 5.69 Å². The fourth-order valence-electron chi connectivity index (χ4n) is 1.39. The number of carbonyl (C=O) groups excluding carboxylic acids is 1. The predicted octanol–water partition coefficient (Wildman–Crippen LogP) is 2.47. The Labute approximate surface area is 119 Å². The summed E-state index contributed by atoms with van der Waals surface area (Å²) < 4.78 is 41.8. The summed E-state index contributed by atoms with van der Waals surface area (Å²) >= 11 is 5.86. The highest BCUT2D eigenvalue weighted by Gasteiger charge is 2.30. The molecule has 4 nitrogen and oxygen atoms in total. The van der Waals surface area contributed by atoms with Crippen molar-refractivity contribution in [2.45, 2.75) is 18.0 Å². The van der Waals surface area contributed by atoms with Gasteiger partial charge in [-0.15, -0.1) is 11.6 Å². The minimum Gasteiger partial charge on any atom is -0.383 e. The van der Waals surface area contributed by atoms with E-state index in [0.717, 1.165) is 12.1 Å². The third-order valence-electron chi connectivity index (χ3n) is 2.41. The fraction of sp³-hybridized carbons (Fsp3) is 0.500. The van der Waals surface area contributed by atoms with Crippen molar-refractivity contribution in [3.8, 4) is 0 Å². The summed E-state index contributed by atoms with van der Waals surface area (Å²) in [5.41, 5.74) is -0.967. The molecule has 0 radical (unpaired) electrons. The molecule has 0 aliphatic rings. The van der Waals surface area contributed by atoms with Crippen molar-refractivity contribution in [1.82, 2.24) is 10.3 Å². The predicted molar refractivity (Wildman–Crippen MR) is 67.7 cm³/mol. The van der Waals surface area contributed by atoms with Gasteiger partial charge in [-0.3, -0.25) is 9.78 Å². The van der Waals surface area contributed by atoms with Crippen LogP contribution < -0.4 is 5.32 Å². The summed E-state index contributed by atoms with van der Waals surface area (Å²) in [6, 6.07) is 1.85. The van der Waals surface area contributed by atoms with Crippen molar-refractivity contribution >= 4 is 17.5 Å². The highest BCUT2D eigenvalue weighted by molar-refractivity contribution is 6.20. The van der Waals surface area contributed by atoms with Crippen molar-refractivity contribution in [2.24, 2.45) is 0 Å². The van der Waals surface area contributed by atoms with Crippen LogP contribution in [0.25, 0.3) is 0 Å². The average molecular weight is 311 g/mol. The number of methoxy groups -OCH3 is 1. The number of alkyl halides is 4. The lowest BCUT2D eigenvalue weighted by atomic mass is 10.2. The molecule has 0 saturated heterocycles. The van der Waals surface area contributed by atoms with Crippen molar-refractivity contribution in [1.29, 1.82) is 0 Å². The minimum atomic E-state index is -4.46. The second-order valence-electron chi connectivity index (χ2n) is 4.03. The van der Waals surface area contributed by atoms with E-state index in [2.05, 4.69) is 10.3 Å². The van der Waals surface area contributed by atoms with Gasteiger partial charge in [-0.25, -0.2) is 0 Å². The number of ether oxygens (including phenoxy) is 1. The molecule has 1 atom stereocenters. The van der Waals surface area contributed by atoms with E-state index in [1.165, 1.54) is 7.11 Å². The zero-order chi connectivity index (χ0) is 15.2. The second-order valence-corrected chi connectivity index (χ2v) is 4.64. The number of rotatable bonds is 6. The molecule has 1 aromatic rings. The number of nitrogens with one attached hydrogen (secondary N) is 1. The third kappa shape index (κ3) is 5.34. The van der Waals surface area contributed by atoms with Crippen LogP contribution in [-0.4, -0.2) is 36.5 Å². The maximum atomic E-state index is 12.3. The molecule has 0 fully saturated rings. The van der Waals surface area contributed by atoms with Crippen LogP contribution in [-0.2, 0) is 10.9 Å². The highest BCUT2D eigenvalue weighted by Crippen LogP contribution is 2.28. The van der Waals surface area contributed by atoms with Crippen molar-refractivity contribution < 1.29 is 22.7 Å². The number of aromatic nitrogens is 1. The van der Waals surface area contributed by atoms with E-state index < -0.39 is 17.6 Å². The molecular weight excluding hydrogens is 297 g/mol. The molecule has 1 N–H and O–H groups in total. The van der Waals surface area contributed by atoms with Crippen LogP contribution in [0.4, 0.5) is 13.2 Å². The highest BCUT2D eigenvalue weighted by atomic mass is 35.5. The molecule has 1 amide bonds. The van der Waals surface area contributed by atoms with E-state index in [1.54, 1.807) is 0 Å². The summed E-state index contributed by atoms with van der Waals surface area (Å²) in [5.74, 6) is -0.542. The number of hydrogen-bond donors (Lipinski definition) is 1. The van der Waals surface area contributed by atoms with Crippen LogP contribution in [0.15, 0.2) is 18.3 Å². The van der Waals surface area contributed by atoms with Gasteiger partial charge < -0.3 is 10.1 Å². The molecule has 8 heteroatoms. The monoisotopic (exact) mass is 310 g/mol. The van der Waals surface area contributed by atoms with Crippen LogP contribution in [0, 0.1) is 0 Å². The smallest absolute Gasteiger partial charge is 0.383 e. The Bertz CT molecular complexity index is 437. The fourth-order valence-corrected chi connectivity index (χ4v) is 1.63. The quantitative estimate of drug-likeness (QED) is 0.821. The molecular formula is C12H14ClF3N2O2. The molecule has 0 aliphatic carbocycles. The minimum absolute atomic E-state index is 0.0733. The van der Waals surface area contributed by atoms with Gasteiger partial charge in [0.05, 0.1) is 17.5 Å². The van der Waals surface area contributed by atoms with E-state index in [4.69, 9.17) is 16.3 Å². The molecule has 0 spiro atoms. The second kappa shape index (κ2) is 7.44. The number of pyridine rings is 1. The molecule has 0 aromatic carbocycles. The lowest BCUT2D eigenvalue weighted by Gasteiger charge is -2.09. The maximum absolute atomic E-state index is 12.3. The van der Waals surface area contributed by atoms with Crippen molar-refractivity contribution in [3.05, 3.63) is 29.6 Å². The van der Waals surface area contributed by atoms with Crippen molar-refractivity contribution in [3.63, 3.8) is 0 Å². The summed E-state index contributed by atoms with van der Waals surface area (Å²) in [5, 5.41) is 2.29. The van der Waals surface area contributed by atoms with Gasteiger partial charge in [0.25, 0.3) is 5.91 Å². The Morgan fingerprint density at radius 2 is 2.20 bits per heavy atom. The van der Waals surface area contributed by atoms with Crippen LogP contribution >= 0.6 is 11.6 Å². The Morgan fingerprint density at radius 1 is 1.50 bits per heavy atom. The van der Waals surface area contributed by atoms with Gasteiger partial charge in [0.2, 0.25) is 0 Å². The van der Waals surface area contributed by atoms with Gasteiger partial charge in [0.15, 0.2) is 0 Å². The third-order valence-corrected chi connectivity index (χ3v) is 2.76. The van der Waals surface area contributed by atoms with E-state index >= 15 is 0 Å². The SMILES string of the molecule is COCC(Cl)CCNC(=O)c1ccc(C(F)(F)F)cn1. The van der Waals surface area contributed by atoms with Crippen LogP contribution in [0.5, 0.6) is 0 Å². The molecule has 0 aliphatic heterocycles. The molecule has 20 heavy (non-hydrogen) atoms. The van der Waals surface area contributed by atoms with E-state index in [1.807, 2.05) is 0 Å². The Morgan fingerprint density at radius 3 is 2.70 bits per heavy atom. The summed E-state index contributed by atoms with van der Waals surface area (Å²) in [6.45, 7) is 0.648. The van der Waals surface area contributed by atoms with Crippen LogP contribution in [0.2, 0.25) is 0 Å². The molecule has 1 heterocycles. The first-order chi connectivity index (χ1) is 9.34. The first-order valence-electron chi connectivity index (χ1n) is 5.79. The Hall–Kier alpha value is -1.34. The molecule has 0 saturated carbocycles. The lowest BCUT2D eigenvalue weighted by molar-refractivity contribution is -0.137. The van der Waals surface area contributed by atoms with Crippen molar-refractivity contribution in [2.75, 3.05) is 20.3 Å². The maximum Gasteiger partial charge on any atom is 0.417 e. The van der Waals surface area contributed by atoms with Gasteiger partial charge in [-0.05, 0) is 18.6 Å². The first kappa shape index (κ1) is 16.7. The van der Waals surface area contributed by atoms with Gasteiger partial charge in [-0.1, -0.05) is 0 Å². The molecule has 0 bridgehead atoms. The largest absolute Gasteiger partial charge is 0.417 e.